The lowest BCUT2D eigenvalue weighted by atomic mass is 9.79. The number of aromatic nitrogens is 2. The van der Waals surface area contributed by atoms with Crippen LogP contribution in [0.15, 0.2) is 34.9 Å². The Morgan fingerprint density at radius 2 is 2.06 bits per heavy atom. The molecule has 1 atom stereocenters. The number of carbonyl (C=O) groups is 2. The highest BCUT2D eigenvalue weighted by Crippen LogP contribution is 2.38. The van der Waals surface area contributed by atoms with E-state index in [1.54, 1.807) is 12.3 Å². The second kappa shape index (κ2) is 7.95. The van der Waals surface area contributed by atoms with Crippen LogP contribution in [0.25, 0.3) is 11.1 Å². The molecule has 1 saturated carbocycles. The summed E-state index contributed by atoms with van der Waals surface area (Å²) in [4.78, 5) is 33.7. The average molecular weight is 450 g/mol. The maximum atomic E-state index is 12.8. The smallest absolute Gasteiger partial charge is 0.407 e. The van der Waals surface area contributed by atoms with Gasteiger partial charge < -0.3 is 30.4 Å². The minimum Gasteiger partial charge on any atom is -0.459 e. The molecule has 0 unspecified atom stereocenters. The minimum atomic E-state index is -0.709. The van der Waals surface area contributed by atoms with Crippen molar-refractivity contribution in [3.63, 3.8) is 0 Å². The fourth-order valence-electron chi connectivity index (χ4n) is 4.13. The van der Waals surface area contributed by atoms with E-state index in [-0.39, 0.29) is 11.3 Å². The monoisotopic (exact) mass is 450 g/mol. The molecular formula is C23H26N6O4. The number of ether oxygens (including phenoxy) is 1. The number of benzene rings is 1. The number of nitrogens with one attached hydrogen (secondary N) is 4. The standard InChI is InChI=1S/C23H26N6O4/c1-23(2)11-17(28-22(31)32-3)20(30)26-16-10-13(6-7-14(16)23)25-21-27-15-8-9-33-18(15)19(29-21)24-12-4-5-12/h6-10,12,17H,4-5,11H2,1-3H3,(H,26,30)(H,28,31)(H2,24,25,27,29)/t17-/m0/s1. The van der Waals surface area contributed by atoms with Crippen molar-refractivity contribution in [1.82, 2.24) is 15.3 Å². The zero-order chi connectivity index (χ0) is 23.2. The minimum absolute atomic E-state index is 0.295. The topological polar surface area (TPSA) is 130 Å². The van der Waals surface area contributed by atoms with Crippen LogP contribution >= 0.6 is 0 Å². The zero-order valence-electron chi connectivity index (χ0n) is 18.7. The summed E-state index contributed by atoms with van der Waals surface area (Å²) in [6.07, 6.45) is 3.62. The normalized spacial score (nSPS) is 19.2. The van der Waals surface area contributed by atoms with Crippen molar-refractivity contribution in [3.05, 3.63) is 36.1 Å². The summed E-state index contributed by atoms with van der Waals surface area (Å²) in [6, 6.07) is 7.26. The lowest BCUT2D eigenvalue weighted by Crippen LogP contribution is -2.45. The third-order valence-corrected chi connectivity index (χ3v) is 5.99. The maximum absolute atomic E-state index is 12.8. The van der Waals surface area contributed by atoms with Crippen LogP contribution < -0.4 is 21.3 Å². The number of hydrogen-bond donors (Lipinski definition) is 4. The molecule has 0 bridgehead atoms. The molecule has 33 heavy (non-hydrogen) atoms. The molecule has 1 aliphatic heterocycles. The molecule has 0 saturated heterocycles. The SMILES string of the molecule is COC(=O)N[C@H]1CC(C)(C)c2ccc(Nc3nc(NC4CC4)c4occc4n3)cc2NC1=O. The van der Waals surface area contributed by atoms with Crippen LogP contribution in [0, 0.1) is 0 Å². The van der Waals surface area contributed by atoms with Crippen molar-refractivity contribution < 1.29 is 18.7 Å². The van der Waals surface area contributed by atoms with Crippen LogP contribution in [-0.4, -0.2) is 41.2 Å². The predicted molar refractivity (Wildman–Crippen MR) is 124 cm³/mol. The molecule has 2 aliphatic rings. The van der Waals surface area contributed by atoms with Crippen LogP contribution in [0.2, 0.25) is 0 Å². The molecule has 10 nitrogen and oxygen atoms in total. The second-order valence-corrected chi connectivity index (χ2v) is 9.10. The summed E-state index contributed by atoms with van der Waals surface area (Å²) >= 11 is 0. The van der Waals surface area contributed by atoms with E-state index < -0.39 is 12.1 Å². The fourth-order valence-corrected chi connectivity index (χ4v) is 4.13. The van der Waals surface area contributed by atoms with Crippen LogP contribution in [0.1, 0.15) is 38.7 Å². The van der Waals surface area contributed by atoms with Gasteiger partial charge in [-0.25, -0.2) is 9.78 Å². The van der Waals surface area contributed by atoms with Gasteiger partial charge in [0.25, 0.3) is 0 Å². The Hall–Kier alpha value is -3.82. The van der Waals surface area contributed by atoms with E-state index in [1.807, 2.05) is 32.0 Å². The van der Waals surface area contributed by atoms with Crippen LogP contribution in [-0.2, 0) is 14.9 Å². The van der Waals surface area contributed by atoms with Crippen molar-refractivity contribution >= 4 is 46.2 Å². The van der Waals surface area contributed by atoms with Crippen molar-refractivity contribution in [2.45, 2.75) is 50.6 Å². The molecule has 172 valence electrons. The number of nitrogens with zero attached hydrogens (tertiary/aromatic N) is 2. The summed E-state index contributed by atoms with van der Waals surface area (Å²) in [5, 5.41) is 12.2. The molecule has 0 radical (unpaired) electrons. The lowest BCUT2D eigenvalue weighted by molar-refractivity contribution is -0.118. The summed E-state index contributed by atoms with van der Waals surface area (Å²) in [5.41, 5.74) is 3.34. The number of carbonyl (C=O) groups excluding carboxylic acids is 2. The molecule has 1 aliphatic carbocycles. The number of anilines is 4. The lowest BCUT2D eigenvalue weighted by Gasteiger charge is -2.27. The number of hydrogen-bond acceptors (Lipinski definition) is 8. The summed E-state index contributed by atoms with van der Waals surface area (Å²) in [7, 11) is 1.27. The van der Waals surface area contributed by atoms with Crippen molar-refractivity contribution in [2.75, 3.05) is 23.1 Å². The first-order valence-corrected chi connectivity index (χ1v) is 10.9. The van der Waals surface area contributed by atoms with Gasteiger partial charge in [-0.1, -0.05) is 19.9 Å². The first-order valence-electron chi connectivity index (χ1n) is 10.9. The summed E-state index contributed by atoms with van der Waals surface area (Å²) in [6.45, 7) is 4.08. The molecular weight excluding hydrogens is 424 g/mol. The molecule has 3 aromatic rings. The fraction of sp³-hybridized carbons (Fsp3) is 0.391. The first-order chi connectivity index (χ1) is 15.8. The number of fused-ring (bicyclic) bond motifs is 2. The van der Waals surface area contributed by atoms with E-state index in [4.69, 9.17) is 4.42 Å². The predicted octanol–water partition coefficient (Wildman–Crippen LogP) is 3.89. The van der Waals surface area contributed by atoms with E-state index >= 15 is 0 Å². The van der Waals surface area contributed by atoms with Gasteiger partial charge in [-0.2, -0.15) is 4.98 Å². The number of rotatable bonds is 5. The Morgan fingerprint density at radius 1 is 1.24 bits per heavy atom. The van der Waals surface area contributed by atoms with Gasteiger partial charge in [-0.15, -0.1) is 0 Å². The van der Waals surface area contributed by atoms with E-state index in [0.29, 0.717) is 41.0 Å². The zero-order valence-corrected chi connectivity index (χ0v) is 18.7. The van der Waals surface area contributed by atoms with Gasteiger partial charge in [0.1, 0.15) is 11.6 Å². The highest BCUT2D eigenvalue weighted by atomic mass is 16.5. The highest BCUT2D eigenvalue weighted by molar-refractivity contribution is 5.99. The third kappa shape index (κ3) is 4.28. The first kappa shape index (κ1) is 21.0. The van der Waals surface area contributed by atoms with Crippen LogP contribution in [0.3, 0.4) is 0 Å². The van der Waals surface area contributed by atoms with E-state index in [2.05, 4.69) is 36.0 Å². The Kier molecular flexibility index (Phi) is 5.07. The number of alkyl carbamates (subject to hydrolysis) is 1. The van der Waals surface area contributed by atoms with Gasteiger partial charge in [0.15, 0.2) is 11.4 Å². The number of amides is 2. The Morgan fingerprint density at radius 3 is 2.82 bits per heavy atom. The van der Waals surface area contributed by atoms with Gasteiger partial charge in [0.05, 0.1) is 13.4 Å². The van der Waals surface area contributed by atoms with Crippen molar-refractivity contribution in [1.29, 1.82) is 0 Å². The molecule has 1 fully saturated rings. The largest absolute Gasteiger partial charge is 0.459 e. The molecule has 10 heteroatoms. The average Bonchev–Trinajstić information content (AvgIpc) is 3.47. The van der Waals surface area contributed by atoms with Gasteiger partial charge >= 0.3 is 6.09 Å². The van der Waals surface area contributed by atoms with Gasteiger partial charge in [0, 0.05) is 23.5 Å². The van der Waals surface area contributed by atoms with Gasteiger partial charge in [-0.05, 0) is 42.4 Å². The second-order valence-electron chi connectivity index (χ2n) is 9.10. The van der Waals surface area contributed by atoms with Gasteiger partial charge in [0.2, 0.25) is 11.9 Å². The maximum Gasteiger partial charge on any atom is 0.407 e. The van der Waals surface area contributed by atoms with E-state index in [1.165, 1.54) is 7.11 Å². The highest BCUT2D eigenvalue weighted by Gasteiger charge is 2.36. The third-order valence-electron chi connectivity index (χ3n) is 5.99. The summed E-state index contributed by atoms with van der Waals surface area (Å²) in [5.74, 6) is 0.795. The van der Waals surface area contributed by atoms with E-state index in [0.717, 1.165) is 24.1 Å². The quantitative estimate of drug-likeness (QED) is 0.461. The molecule has 1 aromatic carbocycles. The Labute approximate surface area is 190 Å². The van der Waals surface area contributed by atoms with E-state index in [9.17, 15) is 9.59 Å². The van der Waals surface area contributed by atoms with Crippen molar-refractivity contribution in [2.24, 2.45) is 0 Å². The summed E-state index contributed by atoms with van der Waals surface area (Å²) < 4.78 is 10.2. The Balaban J connectivity index is 1.43. The molecule has 5 rings (SSSR count). The Bertz CT molecular complexity index is 1230. The number of furan rings is 1. The van der Waals surface area contributed by atoms with Crippen LogP contribution in [0.4, 0.5) is 27.9 Å². The molecule has 4 N–H and O–H groups in total. The number of methoxy groups -OCH3 is 1. The van der Waals surface area contributed by atoms with Crippen molar-refractivity contribution in [3.8, 4) is 0 Å². The van der Waals surface area contributed by atoms with Gasteiger partial charge in [-0.3, -0.25) is 4.79 Å². The molecule has 3 heterocycles. The molecule has 2 amide bonds. The molecule has 0 spiro atoms. The van der Waals surface area contributed by atoms with Crippen LogP contribution in [0.5, 0.6) is 0 Å². The molecule has 2 aromatic heterocycles.